The van der Waals surface area contributed by atoms with Gasteiger partial charge in [0.25, 0.3) is 5.56 Å². The molecule has 1 amide bonds. The third-order valence-electron chi connectivity index (χ3n) is 4.40. The first-order chi connectivity index (χ1) is 13.8. The number of anilines is 2. The Morgan fingerprint density at radius 1 is 1.31 bits per heavy atom. The molecule has 0 unspecified atom stereocenters. The van der Waals surface area contributed by atoms with Gasteiger partial charge in [0.1, 0.15) is 5.82 Å². The SMILES string of the molecule is CCCCn1c(N)c(N(CCOC)C(=O)Cc2ccc(Cl)cc2Cl)c(=O)[nH]c1=O. The maximum absolute atomic E-state index is 13.1. The number of nitrogens with zero attached hydrogens (tertiary/aromatic N) is 2. The number of hydrogen-bond acceptors (Lipinski definition) is 5. The molecule has 1 aromatic carbocycles. The normalized spacial score (nSPS) is 10.9. The smallest absolute Gasteiger partial charge is 0.330 e. The Labute approximate surface area is 178 Å². The highest BCUT2D eigenvalue weighted by molar-refractivity contribution is 6.35. The Morgan fingerprint density at radius 2 is 2.03 bits per heavy atom. The summed E-state index contributed by atoms with van der Waals surface area (Å²) < 4.78 is 6.34. The van der Waals surface area contributed by atoms with Gasteiger partial charge in [0.05, 0.1) is 13.0 Å². The second-order valence-electron chi connectivity index (χ2n) is 6.45. The molecule has 0 bridgehead atoms. The van der Waals surface area contributed by atoms with Gasteiger partial charge in [-0.2, -0.15) is 0 Å². The topological polar surface area (TPSA) is 110 Å². The Bertz CT molecular complexity index is 987. The molecule has 0 aliphatic rings. The van der Waals surface area contributed by atoms with Crippen molar-refractivity contribution in [3.63, 3.8) is 0 Å². The van der Waals surface area contributed by atoms with Gasteiger partial charge in [-0.25, -0.2) is 4.79 Å². The number of rotatable bonds is 9. The van der Waals surface area contributed by atoms with Crippen LogP contribution in [0.1, 0.15) is 25.3 Å². The molecule has 0 atom stereocenters. The number of nitrogens with one attached hydrogen (secondary N) is 1. The summed E-state index contributed by atoms with van der Waals surface area (Å²) in [6, 6.07) is 4.81. The first-order valence-corrected chi connectivity index (χ1v) is 9.91. The molecule has 0 spiro atoms. The summed E-state index contributed by atoms with van der Waals surface area (Å²) in [5, 5.41) is 0.790. The second-order valence-corrected chi connectivity index (χ2v) is 7.29. The minimum absolute atomic E-state index is 0.0566. The molecule has 1 aromatic heterocycles. The zero-order valence-electron chi connectivity index (χ0n) is 16.3. The van der Waals surface area contributed by atoms with Crippen LogP contribution in [0.25, 0.3) is 0 Å². The molecule has 10 heteroatoms. The number of hydrogen-bond donors (Lipinski definition) is 2. The van der Waals surface area contributed by atoms with E-state index in [0.29, 0.717) is 28.6 Å². The monoisotopic (exact) mass is 442 g/mol. The predicted octanol–water partition coefficient (Wildman–Crippen LogP) is 2.45. The Balaban J connectivity index is 2.47. The highest BCUT2D eigenvalue weighted by atomic mass is 35.5. The van der Waals surface area contributed by atoms with Crippen molar-refractivity contribution in [2.24, 2.45) is 0 Å². The number of methoxy groups -OCH3 is 1. The number of nitrogens with two attached hydrogens (primary N) is 1. The van der Waals surface area contributed by atoms with Gasteiger partial charge in [0.15, 0.2) is 5.69 Å². The minimum atomic E-state index is -0.730. The van der Waals surface area contributed by atoms with Crippen molar-refractivity contribution in [3.05, 3.63) is 54.6 Å². The van der Waals surface area contributed by atoms with E-state index < -0.39 is 17.2 Å². The van der Waals surface area contributed by atoms with E-state index in [2.05, 4.69) is 4.98 Å². The van der Waals surface area contributed by atoms with Crippen LogP contribution in [0.3, 0.4) is 0 Å². The van der Waals surface area contributed by atoms with Crippen LogP contribution >= 0.6 is 23.2 Å². The van der Waals surface area contributed by atoms with Gasteiger partial charge in [0, 0.05) is 30.2 Å². The van der Waals surface area contributed by atoms with Gasteiger partial charge in [-0.05, 0) is 24.1 Å². The van der Waals surface area contributed by atoms with E-state index in [9.17, 15) is 14.4 Å². The molecule has 2 aromatic rings. The molecule has 1 heterocycles. The number of H-pyrrole nitrogens is 1. The molecular weight excluding hydrogens is 419 g/mol. The van der Waals surface area contributed by atoms with Gasteiger partial charge in [-0.15, -0.1) is 0 Å². The number of halogens is 2. The fourth-order valence-corrected chi connectivity index (χ4v) is 3.32. The van der Waals surface area contributed by atoms with E-state index >= 15 is 0 Å². The number of amides is 1. The molecule has 158 valence electrons. The number of ether oxygens (including phenoxy) is 1. The van der Waals surface area contributed by atoms with Gasteiger partial charge >= 0.3 is 5.69 Å². The number of carbonyl (C=O) groups is 1. The van der Waals surface area contributed by atoms with Crippen LogP contribution in [-0.4, -0.2) is 35.7 Å². The molecule has 0 aliphatic heterocycles. The molecule has 0 saturated carbocycles. The van der Waals surface area contributed by atoms with E-state index in [0.717, 1.165) is 6.42 Å². The van der Waals surface area contributed by atoms with Crippen LogP contribution in [0.15, 0.2) is 27.8 Å². The van der Waals surface area contributed by atoms with Crippen LogP contribution < -0.4 is 21.9 Å². The average Bonchev–Trinajstić information content (AvgIpc) is 2.66. The highest BCUT2D eigenvalue weighted by Crippen LogP contribution is 2.23. The number of carbonyl (C=O) groups excluding carboxylic acids is 1. The summed E-state index contributed by atoms with van der Waals surface area (Å²) in [5.41, 5.74) is 5.28. The summed E-state index contributed by atoms with van der Waals surface area (Å²) in [5.74, 6) is -0.469. The van der Waals surface area contributed by atoms with Crippen molar-refractivity contribution < 1.29 is 9.53 Å². The molecule has 0 aliphatic carbocycles. The quantitative estimate of drug-likeness (QED) is 0.619. The van der Waals surface area contributed by atoms with E-state index in [1.54, 1.807) is 12.1 Å². The predicted molar refractivity (Wildman–Crippen MR) is 115 cm³/mol. The fourth-order valence-electron chi connectivity index (χ4n) is 2.84. The maximum atomic E-state index is 13.1. The van der Waals surface area contributed by atoms with Crippen molar-refractivity contribution in [3.8, 4) is 0 Å². The average molecular weight is 443 g/mol. The number of unbranched alkanes of at least 4 members (excludes halogenated alkanes) is 1. The third kappa shape index (κ3) is 5.62. The van der Waals surface area contributed by atoms with Gasteiger partial charge < -0.3 is 15.4 Å². The lowest BCUT2D eigenvalue weighted by Gasteiger charge is -2.24. The van der Waals surface area contributed by atoms with Crippen molar-refractivity contribution >= 4 is 40.6 Å². The van der Waals surface area contributed by atoms with E-state index in [1.807, 2.05) is 6.92 Å². The van der Waals surface area contributed by atoms with Crippen molar-refractivity contribution in [1.29, 1.82) is 0 Å². The lowest BCUT2D eigenvalue weighted by atomic mass is 10.1. The van der Waals surface area contributed by atoms with E-state index in [-0.39, 0.29) is 31.1 Å². The van der Waals surface area contributed by atoms with Crippen LogP contribution in [0.4, 0.5) is 11.5 Å². The standard InChI is InChI=1S/C19H24Cl2N4O4/c1-3-4-7-25-17(22)16(18(27)23-19(25)28)24(8-9-29-2)15(26)10-12-5-6-13(20)11-14(12)21/h5-6,11H,3-4,7-10,22H2,1-2H3,(H,23,27,28). The van der Waals surface area contributed by atoms with Crippen molar-refractivity contribution in [1.82, 2.24) is 9.55 Å². The zero-order valence-corrected chi connectivity index (χ0v) is 17.8. The molecule has 0 radical (unpaired) electrons. The zero-order chi connectivity index (χ0) is 21.6. The maximum Gasteiger partial charge on any atom is 0.330 e. The third-order valence-corrected chi connectivity index (χ3v) is 4.98. The van der Waals surface area contributed by atoms with Gasteiger partial charge in [0.2, 0.25) is 5.91 Å². The number of aromatic nitrogens is 2. The second kappa shape index (κ2) is 10.5. The summed E-state index contributed by atoms with van der Waals surface area (Å²) in [6.45, 7) is 2.56. The number of nitrogen functional groups attached to an aromatic ring is 1. The van der Waals surface area contributed by atoms with Crippen LogP contribution in [-0.2, 0) is 22.5 Å². The Morgan fingerprint density at radius 3 is 2.66 bits per heavy atom. The van der Waals surface area contributed by atoms with Gasteiger partial charge in [-0.1, -0.05) is 42.6 Å². The van der Waals surface area contributed by atoms with E-state index in [4.69, 9.17) is 33.7 Å². The Hall–Kier alpha value is -2.29. The fraction of sp³-hybridized carbons (Fsp3) is 0.421. The lowest BCUT2D eigenvalue weighted by Crippen LogP contribution is -2.43. The molecular formula is C19H24Cl2N4O4. The largest absolute Gasteiger partial charge is 0.383 e. The first kappa shape index (κ1) is 23.0. The summed E-state index contributed by atoms with van der Waals surface area (Å²) in [6.07, 6.45) is 1.45. The first-order valence-electron chi connectivity index (χ1n) is 9.16. The highest BCUT2D eigenvalue weighted by Gasteiger charge is 2.24. The molecule has 29 heavy (non-hydrogen) atoms. The minimum Gasteiger partial charge on any atom is -0.383 e. The van der Waals surface area contributed by atoms with Crippen molar-refractivity contribution in [2.75, 3.05) is 30.9 Å². The van der Waals surface area contributed by atoms with Crippen molar-refractivity contribution in [2.45, 2.75) is 32.7 Å². The molecule has 3 N–H and O–H groups in total. The molecule has 2 rings (SSSR count). The number of benzene rings is 1. The number of aromatic amines is 1. The summed E-state index contributed by atoms with van der Waals surface area (Å²) >= 11 is 12.1. The Kier molecular flexibility index (Phi) is 8.31. The summed E-state index contributed by atoms with van der Waals surface area (Å²) in [4.78, 5) is 41.2. The van der Waals surface area contributed by atoms with Crippen LogP contribution in [0, 0.1) is 0 Å². The lowest BCUT2D eigenvalue weighted by molar-refractivity contribution is -0.118. The molecule has 0 fully saturated rings. The van der Waals surface area contributed by atoms with Crippen LogP contribution in [0.2, 0.25) is 10.0 Å². The molecule has 0 saturated heterocycles. The van der Waals surface area contributed by atoms with Gasteiger partial charge in [-0.3, -0.25) is 19.1 Å². The summed E-state index contributed by atoms with van der Waals surface area (Å²) in [7, 11) is 1.48. The molecule has 8 nitrogen and oxygen atoms in total. The van der Waals surface area contributed by atoms with Crippen LogP contribution in [0.5, 0.6) is 0 Å². The van der Waals surface area contributed by atoms with E-state index in [1.165, 1.54) is 22.6 Å².